The number of nitrogens with one attached hydrogen (secondary N) is 3. The molecule has 10 nitrogen and oxygen atoms in total. The minimum Gasteiger partial charge on any atom is -0.465 e. The quantitative estimate of drug-likeness (QED) is 0.203. The van der Waals surface area contributed by atoms with E-state index in [4.69, 9.17) is 4.74 Å². The van der Waals surface area contributed by atoms with Crippen molar-refractivity contribution < 1.29 is 29.0 Å². The van der Waals surface area contributed by atoms with Crippen molar-refractivity contribution >= 4 is 24.0 Å². The zero-order chi connectivity index (χ0) is 33.1. The summed E-state index contributed by atoms with van der Waals surface area (Å²) in [5.74, 6) is -0.767. The Labute approximate surface area is 270 Å². The van der Waals surface area contributed by atoms with Crippen LogP contribution in [0.3, 0.4) is 0 Å². The minimum atomic E-state index is -1.14. The number of fused-ring (bicyclic) bond motifs is 1. The van der Waals surface area contributed by atoms with Crippen molar-refractivity contribution in [1.82, 2.24) is 20.9 Å². The number of amides is 4. The Kier molecular flexibility index (Phi) is 11.8. The van der Waals surface area contributed by atoms with Gasteiger partial charge in [-0.3, -0.25) is 14.5 Å². The average molecular weight is 629 g/mol. The summed E-state index contributed by atoms with van der Waals surface area (Å²) in [6, 6.07) is 25.7. The second-order valence-electron chi connectivity index (χ2n) is 12.5. The highest BCUT2D eigenvalue weighted by Crippen LogP contribution is 2.25. The van der Waals surface area contributed by atoms with Gasteiger partial charge in [0.2, 0.25) is 11.8 Å². The number of unbranched alkanes of at least 4 members (excludes halogenated alkanes) is 1. The number of carbonyl (C=O) groups excluding carboxylic acids is 3. The summed E-state index contributed by atoms with van der Waals surface area (Å²) in [7, 11) is 0. The molecule has 46 heavy (non-hydrogen) atoms. The smallest absolute Gasteiger partial charge is 0.408 e. The zero-order valence-corrected chi connectivity index (χ0v) is 26.7. The molecule has 3 aromatic rings. The van der Waals surface area contributed by atoms with Gasteiger partial charge in [-0.05, 0) is 62.3 Å². The molecule has 0 radical (unpaired) electrons. The van der Waals surface area contributed by atoms with E-state index < -0.39 is 29.9 Å². The standard InChI is InChI=1S/C36H44N4O6/c1-36(2,3)46-34(43)39-30(32(41)38-23-29(25-14-6-4-7-15-25)26-16-8-5-9-17-26)20-12-13-21-37-33(42)31-22-27-18-10-11-19-28(27)24-40(31)35(44)45/h4-11,14-19,29-31H,12-13,20-24H2,1-3H3,(H,37,42)(H,38,41)(H,39,43)(H,44,45)/t30-,31-/m0/s1. The van der Waals surface area contributed by atoms with Crippen LogP contribution in [0.5, 0.6) is 0 Å². The molecule has 0 spiro atoms. The van der Waals surface area contributed by atoms with Crippen LogP contribution in [0.1, 0.15) is 68.2 Å². The number of hydrogen-bond donors (Lipinski definition) is 4. The number of nitrogens with zero attached hydrogens (tertiary/aromatic N) is 1. The number of ether oxygens (including phenoxy) is 1. The maximum absolute atomic E-state index is 13.5. The Morgan fingerprint density at radius 3 is 2.02 bits per heavy atom. The molecule has 0 saturated carbocycles. The monoisotopic (exact) mass is 628 g/mol. The molecule has 0 bridgehead atoms. The van der Waals surface area contributed by atoms with Crippen molar-refractivity contribution in [3.8, 4) is 0 Å². The lowest BCUT2D eigenvalue weighted by Gasteiger charge is -2.34. The summed E-state index contributed by atoms with van der Waals surface area (Å²) >= 11 is 0. The van der Waals surface area contributed by atoms with Crippen LogP contribution in [-0.4, -0.2) is 64.8 Å². The summed E-state index contributed by atoms with van der Waals surface area (Å²) in [6.07, 6.45) is -0.152. The van der Waals surface area contributed by atoms with Gasteiger partial charge >= 0.3 is 12.2 Å². The Morgan fingerprint density at radius 2 is 1.43 bits per heavy atom. The lowest BCUT2D eigenvalue weighted by Crippen LogP contribution is -2.52. The fraction of sp³-hybridized carbons (Fsp3) is 0.389. The fourth-order valence-corrected chi connectivity index (χ4v) is 5.60. The van der Waals surface area contributed by atoms with Gasteiger partial charge < -0.3 is 25.8 Å². The van der Waals surface area contributed by atoms with E-state index in [9.17, 15) is 24.3 Å². The van der Waals surface area contributed by atoms with Crippen molar-refractivity contribution in [2.24, 2.45) is 0 Å². The van der Waals surface area contributed by atoms with E-state index in [0.717, 1.165) is 22.3 Å². The maximum Gasteiger partial charge on any atom is 0.408 e. The van der Waals surface area contributed by atoms with Gasteiger partial charge in [0.1, 0.15) is 17.7 Å². The molecule has 1 aliphatic heterocycles. The highest BCUT2D eigenvalue weighted by molar-refractivity contribution is 5.86. The van der Waals surface area contributed by atoms with Gasteiger partial charge in [-0.2, -0.15) is 0 Å². The molecular weight excluding hydrogens is 584 g/mol. The lowest BCUT2D eigenvalue weighted by atomic mass is 9.91. The Hall–Kier alpha value is -4.86. The number of hydrogen-bond acceptors (Lipinski definition) is 5. The molecule has 3 aromatic carbocycles. The van der Waals surface area contributed by atoms with Crippen molar-refractivity contribution in [2.75, 3.05) is 13.1 Å². The van der Waals surface area contributed by atoms with E-state index >= 15 is 0 Å². The molecule has 4 rings (SSSR count). The van der Waals surface area contributed by atoms with Gasteiger partial charge in [0.15, 0.2) is 0 Å². The molecule has 0 aromatic heterocycles. The van der Waals surface area contributed by atoms with Gasteiger partial charge in [-0.1, -0.05) is 84.9 Å². The van der Waals surface area contributed by atoms with Crippen LogP contribution < -0.4 is 16.0 Å². The largest absolute Gasteiger partial charge is 0.465 e. The summed E-state index contributed by atoms with van der Waals surface area (Å²) in [5.41, 5.74) is 3.25. The molecule has 10 heteroatoms. The summed E-state index contributed by atoms with van der Waals surface area (Å²) in [5, 5.41) is 18.3. The van der Waals surface area contributed by atoms with Crippen LogP contribution in [-0.2, 0) is 27.3 Å². The second kappa shape index (κ2) is 15.9. The topological polar surface area (TPSA) is 137 Å². The number of carboxylic acid groups (broad SMARTS) is 1. The molecule has 1 aliphatic rings. The molecule has 0 unspecified atom stereocenters. The molecular formula is C36H44N4O6. The van der Waals surface area contributed by atoms with E-state index in [1.807, 2.05) is 84.9 Å². The molecule has 0 fully saturated rings. The Bertz CT molecular complexity index is 1440. The maximum atomic E-state index is 13.5. The molecule has 4 N–H and O–H groups in total. The molecule has 2 atom stereocenters. The Balaban J connectivity index is 1.34. The third-order valence-electron chi connectivity index (χ3n) is 7.91. The molecule has 1 heterocycles. The summed E-state index contributed by atoms with van der Waals surface area (Å²) in [6.45, 7) is 6.06. The van der Waals surface area contributed by atoms with Crippen LogP contribution in [0.2, 0.25) is 0 Å². The molecule has 0 saturated heterocycles. The van der Waals surface area contributed by atoms with Crippen LogP contribution in [0.25, 0.3) is 0 Å². The molecule has 244 valence electrons. The third-order valence-corrected chi connectivity index (χ3v) is 7.91. The predicted octanol–water partition coefficient (Wildman–Crippen LogP) is 5.22. The predicted molar refractivity (Wildman–Crippen MR) is 175 cm³/mol. The van der Waals surface area contributed by atoms with Crippen LogP contribution in [0, 0.1) is 0 Å². The normalized spacial score (nSPS) is 15.0. The minimum absolute atomic E-state index is 0.0825. The van der Waals surface area contributed by atoms with Gasteiger partial charge in [-0.15, -0.1) is 0 Å². The molecule has 0 aliphatic carbocycles. The van der Waals surface area contributed by atoms with E-state index in [2.05, 4.69) is 16.0 Å². The van der Waals surface area contributed by atoms with Gasteiger partial charge in [0, 0.05) is 25.4 Å². The van der Waals surface area contributed by atoms with Gasteiger partial charge in [-0.25, -0.2) is 9.59 Å². The van der Waals surface area contributed by atoms with Crippen molar-refractivity contribution in [3.05, 3.63) is 107 Å². The van der Waals surface area contributed by atoms with Crippen molar-refractivity contribution in [1.29, 1.82) is 0 Å². The van der Waals surface area contributed by atoms with E-state index in [1.165, 1.54) is 4.90 Å². The first-order valence-electron chi connectivity index (χ1n) is 15.7. The first-order valence-corrected chi connectivity index (χ1v) is 15.7. The average Bonchev–Trinajstić information content (AvgIpc) is 3.03. The highest BCUT2D eigenvalue weighted by atomic mass is 16.6. The Morgan fingerprint density at radius 1 is 0.848 bits per heavy atom. The van der Waals surface area contributed by atoms with Crippen LogP contribution in [0.15, 0.2) is 84.9 Å². The van der Waals surface area contributed by atoms with Gasteiger partial charge in [0.05, 0.1) is 6.54 Å². The summed E-state index contributed by atoms with van der Waals surface area (Å²) in [4.78, 5) is 52.2. The van der Waals surface area contributed by atoms with Crippen molar-refractivity contribution in [2.45, 2.75) is 76.6 Å². The fourth-order valence-electron chi connectivity index (χ4n) is 5.60. The van der Waals surface area contributed by atoms with Crippen molar-refractivity contribution in [3.63, 3.8) is 0 Å². The number of alkyl carbamates (subject to hydrolysis) is 1. The van der Waals surface area contributed by atoms with E-state index in [1.54, 1.807) is 20.8 Å². The molecule has 4 amide bonds. The van der Waals surface area contributed by atoms with E-state index in [0.29, 0.717) is 38.8 Å². The van der Waals surface area contributed by atoms with Gasteiger partial charge in [0.25, 0.3) is 0 Å². The third kappa shape index (κ3) is 9.82. The summed E-state index contributed by atoms with van der Waals surface area (Å²) < 4.78 is 5.42. The zero-order valence-electron chi connectivity index (χ0n) is 26.7. The first-order chi connectivity index (χ1) is 22.0. The number of carbonyl (C=O) groups is 4. The highest BCUT2D eigenvalue weighted by Gasteiger charge is 2.34. The SMILES string of the molecule is CC(C)(C)OC(=O)N[C@@H](CCCCNC(=O)[C@@H]1Cc2ccccc2CN1C(=O)O)C(=O)NCC(c1ccccc1)c1ccccc1. The lowest BCUT2D eigenvalue weighted by molar-refractivity contribution is -0.126. The number of rotatable bonds is 12. The number of benzene rings is 3. The first kappa shape index (κ1) is 34.0. The second-order valence-corrected chi connectivity index (χ2v) is 12.5. The van der Waals surface area contributed by atoms with Crippen LogP contribution in [0.4, 0.5) is 9.59 Å². The van der Waals surface area contributed by atoms with Crippen LogP contribution >= 0.6 is 0 Å². The van der Waals surface area contributed by atoms with E-state index in [-0.39, 0.29) is 24.3 Å².